The molecule has 2 aliphatic heterocycles. The van der Waals surface area contributed by atoms with Crippen LogP contribution in [0.1, 0.15) is 22.5 Å². The molecule has 172 valence electrons. The molecule has 0 atom stereocenters. The average molecular weight is 514 g/mol. The number of nitrogens with zero attached hydrogens (tertiary/aromatic N) is 4. The number of aromatic nitrogens is 1. The monoisotopic (exact) mass is 513 g/mol. The van der Waals surface area contributed by atoms with Crippen LogP contribution in [-0.4, -0.2) is 46.5 Å². The van der Waals surface area contributed by atoms with E-state index in [-0.39, 0.29) is 17.3 Å². The number of anilines is 3. The highest BCUT2D eigenvalue weighted by Crippen LogP contribution is 2.46. The summed E-state index contributed by atoms with van der Waals surface area (Å²) in [6.07, 6.45) is 4.17. The fraction of sp³-hybridized carbons (Fsp3) is 0.174. The van der Waals surface area contributed by atoms with Crippen molar-refractivity contribution in [2.45, 2.75) is 12.8 Å². The quantitative estimate of drug-likeness (QED) is 0.456. The van der Waals surface area contributed by atoms with Crippen molar-refractivity contribution >= 4 is 85.4 Å². The number of halogens is 2. The first kappa shape index (κ1) is 22.5. The first-order valence-corrected chi connectivity index (χ1v) is 11.9. The van der Waals surface area contributed by atoms with Crippen molar-refractivity contribution < 1.29 is 14.4 Å². The standard InChI is InChI=1S/C23H17Cl2N5O3S/c1-2-17(31)29-9-3-4-12(11-29)27-21(32)20-19-18-16(7-8-26-22(18)34-20)30(23(33)28-19)13-5-6-14(24)15(25)10-13/h2,5-8,10H,1,3-4,9,11H2,(H,28,33). The van der Waals surface area contributed by atoms with Gasteiger partial charge in [0.15, 0.2) is 0 Å². The molecule has 8 nitrogen and oxygen atoms in total. The van der Waals surface area contributed by atoms with E-state index in [4.69, 9.17) is 23.2 Å². The van der Waals surface area contributed by atoms with Gasteiger partial charge >= 0.3 is 6.03 Å². The number of likely N-dealkylation sites (tertiary alicyclic amines) is 1. The number of carbonyl (C=O) groups excluding carboxylic acids is 3. The van der Waals surface area contributed by atoms with Gasteiger partial charge in [-0.05, 0) is 43.2 Å². The van der Waals surface area contributed by atoms with Gasteiger partial charge in [-0.1, -0.05) is 29.8 Å². The Hall–Kier alpha value is -3.27. The van der Waals surface area contributed by atoms with E-state index in [1.807, 2.05) is 0 Å². The second kappa shape index (κ2) is 8.83. The molecule has 0 spiro atoms. The van der Waals surface area contributed by atoms with Gasteiger partial charge in [0.2, 0.25) is 5.91 Å². The van der Waals surface area contributed by atoms with Crippen LogP contribution in [0.3, 0.4) is 0 Å². The summed E-state index contributed by atoms with van der Waals surface area (Å²) in [6, 6.07) is 6.17. The fourth-order valence-electron chi connectivity index (χ4n) is 4.07. The molecule has 1 fully saturated rings. The highest BCUT2D eigenvalue weighted by atomic mass is 35.5. The third-order valence-corrected chi connectivity index (χ3v) is 7.44. The van der Waals surface area contributed by atoms with Crippen LogP contribution in [0.5, 0.6) is 0 Å². The Balaban J connectivity index is 1.54. The van der Waals surface area contributed by atoms with Crippen LogP contribution in [0.4, 0.5) is 21.9 Å². The molecule has 0 bridgehead atoms. The topological polar surface area (TPSA) is 95.0 Å². The Morgan fingerprint density at radius 2 is 2.06 bits per heavy atom. The molecule has 4 heterocycles. The van der Waals surface area contributed by atoms with Crippen LogP contribution in [0.25, 0.3) is 10.2 Å². The molecule has 4 amide bonds. The molecular weight excluding hydrogens is 497 g/mol. The number of hydrogen-bond donors (Lipinski definition) is 1. The van der Waals surface area contributed by atoms with Crippen molar-refractivity contribution in [3.05, 3.63) is 58.0 Å². The van der Waals surface area contributed by atoms with Gasteiger partial charge in [0.25, 0.3) is 5.91 Å². The Bertz CT molecular complexity index is 1420. The highest BCUT2D eigenvalue weighted by molar-refractivity contribution is 7.21. The Morgan fingerprint density at radius 1 is 1.24 bits per heavy atom. The van der Waals surface area contributed by atoms with Gasteiger partial charge in [-0.25, -0.2) is 14.8 Å². The lowest BCUT2D eigenvalue weighted by atomic mass is 10.1. The second-order valence-corrected chi connectivity index (χ2v) is 9.54. The van der Waals surface area contributed by atoms with Crippen molar-refractivity contribution in [2.24, 2.45) is 4.99 Å². The smallest absolute Gasteiger partial charge is 0.331 e. The van der Waals surface area contributed by atoms with Crippen LogP contribution in [0.2, 0.25) is 10.0 Å². The minimum Gasteiger partial charge on any atom is -0.334 e. The van der Waals surface area contributed by atoms with Gasteiger partial charge in [0.1, 0.15) is 9.71 Å². The van der Waals surface area contributed by atoms with Crippen molar-refractivity contribution in [3.63, 3.8) is 0 Å². The zero-order valence-corrected chi connectivity index (χ0v) is 20.0. The van der Waals surface area contributed by atoms with E-state index >= 15 is 0 Å². The van der Waals surface area contributed by atoms with Crippen LogP contribution in [0, 0.1) is 0 Å². The van der Waals surface area contributed by atoms with Gasteiger partial charge in [0, 0.05) is 18.5 Å². The minimum absolute atomic E-state index is 0.194. The Morgan fingerprint density at radius 3 is 2.82 bits per heavy atom. The molecule has 2 aliphatic rings. The van der Waals surface area contributed by atoms with Gasteiger partial charge in [-0.2, -0.15) is 0 Å². The minimum atomic E-state index is -0.477. The van der Waals surface area contributed by atoms with Crippen LogP contribution < -0.4 is 10.2 Å². The van der Waals surface area contributed by atoms with Crippen LogP contribution >= 0.6 is 34.5 Å². The molecule has 0 unspecified atom stereocenters. The molecule has 5 rings (SSSR count). The zero-order chi connectivity index (χ0) is 24.0. The molecule has 11 heteroatoms. The summed E-state index contributed by atoms with van der Waals surface area (Å²) in [5, 5.41) is 4.16. The molecule has 0 saturated carbocycles. The molecule has 2 aromatic heterocycles. The number of urea groups is 1. The summed E-state index contributed by atoms with van der Waals surface area (Å²) in [7, 11) is 0. The summed E-state index contributed by atoms with van der Waals surface area (Å²) < 4.78 is 0. The van der Waals surface area contributed by atoms with Crippen molar-refractivity contribution in [2.75, 3.05) is 23.3 Å². The first-order chi connectivity index (χ1) is 16.4. The molecule has 0 aliphatic carbocycles. The third kappa shape index (κ3) is 3.85. The molecule has 1 saturated heterocycles. The number of pyridine rings is 1. The van der Waals surface area contributed by atoms with Gasteiger partial charge in [0.05, 0.1) is 39.0 Å². The zero-order valence-electron chi connectivity index (χ0n) is 17.7. The SMILES string of the molecule is C=CC(=O)N1CCCC(=NC(=O)c2sc3nccc4c3c2NC(=O)N4c2ccc(Cl)c(Cl)c2)C1. The number of hydrogen-bond acceptors (Lipinski definition) is 5. The molecule has 34 heavy (non-hydrogen) atoms. The van der Waals surface area contributed by atoms with E-state index in [2.05, 4.69) is 21.9 Å². The van der Waals surface area contributed by atoms with E-state index in [0.29, 0.717) is 62.4 Å². The maximum atomic E-state index is 13.2. The summed E-state index contributed by atoms with van der Waals surface area (Å²) in [5.41, 5.74) is 2.10. The average Bonchev–Trinajstić information content (AvgIpc) is 3.20. The van der Waals surface area contributed by atoms with E-state index < -0.39 is 11.9 Å². The maximum absolute atomic E-state index is 13.2. The molecule has 0 radical (unpaired) electrons. The van der Waals surface area contributed by atoms with Crippen molar-refractivity contribution in [1.82, 2.24) is 9.88 Å². The van der Waals surface area contributed by atoms with Gasteiger partial charge in [-0.3, -0.25) is 14.5 Å². The lowest BCUT2D eigenvalue weighted by molar-refractivity contribution is -0.125. The summed E-state index contributed by atoms with van der Waals surface area (Å²) >= 11 is 13.4. The van der Waals surface area contributed by atoms with E-state index in [1.54, 1.807) is 35.4 Å². The molecule has 1 N–H and O–H groups in total. The first-order valence-electron chi connectivity index (χ1n) is 10.4. The number of carbonyl (C=O) groups is 3. The number of nitrogens with one attached hydrogen (secondary N) is 1. The second-order valence-electron chi connectivity index (χ2n) is 7.73. The van der Waals surface area contributed by atoms with Gasteiger partial charge < -0.3 is 10.2 Å². The van der Waals surface area contributed by atoms with E-state index in [9.17, 15) is 14.4 Å². The largest absolute Gasteiger partial charge is 0.334 e. The number of piperidine rings is 1. The van der Waals surface area contributed by atoms with Crippen molar-refractivity contribution in [1.29, 1.82) is 0 Å². The number of amides is 4. The number of aliphatic imine (C=N–C) groups is 1. The summed E-state index contributed by atoms with van der Waals surface area (Å²) in [5.74, 6) is -0.671. The van der Waals surface area contributed by atoms with Gasteiger partial charge in [-0.15, -0.1) is 11.3 Å². The predicted octanol–water partition coefficient (Wildman–Crippen LogP) is 5.68. The molecule has 3 aromatic rings. The Kier molecular flexibility index (Phi) is 5.85. The molecule has 1 aromatic carbocycles. The van der Waals surface area contributed by atoms with Crippen molar-refractivity contribution in [3.8, 4) is 0 Å². The lowest BCUT2D eigenvalue weighted by Gasteiger charge is -2.28. The van der Waals surface area contributed by atoms with E-state index in [1.165, 1.54) is 11.0 Å². The maximum Gasteiger partial charge on any atom is 0.331 e. The third-order valence-electron chi connectivity index (χ3n) is 5.61. The highest BCUT2D eigenvalue weighted by Gasteiger charge is 2.33. The fourth-order valence-corrected chi connectivity index (χ4v) is 5.37. The number of benzene rings is 1. The number of rotatable bonds is 3. The predicted molar refractivity (Wildman–Crippen MR) is 135 cm³/mol. The van der Waals surface area contributed by atoms with E-state index in [0.717, 1.165) is 11.3 Å². The summed E-state index contributed by atoms with van der Waals surface area (Å²) in [4.78, 5) is 50.9. The van der Waals surface area contributed by atoms with Crippen LogP contribution in [0.15, 0.2) is 48.1 Å². The summed E-state index contributed by atoms with van der Waals surface area (Å²) in [6.45, 7) is 4.39. The molecular formula is C23H17Cl2N5O3S. The van der Waals surface area contributed by atoms with Crippen LogP contribution in [-0.2, 0) is 4.79 Å². The Labute approximate surface area is 208 Å². The normalized spacial score (nSPS) is 16.6. The lowest BCUT2D eigenvalue weighted by Crippen LogP contribution is -2.39. The number of thiophene rings is 1.